The second kappa shape index (κ2) is 7.39. The van der Waals surface area contributed by atoms with Gasteiger partial charge in [-0.05, 0) is 17.7 Å². The van der Waals surface area contributed by atoms with Crippen molar-refractivity contribution in [2.45, 2.75) is 17.2 Å². The Morgan fingerprint density at radius 3 is 2.31 bits per heavy atom. The summed E-state index contributed by atoms with van der Waals surface area (Å²) in [5.74, 6) is -3.70. The number of nitro benzene ring substituents is 2. The Morgan fingerprint density at radius 2 is 1.73 bits per heavy atom. The van der Waals surface area contributed by atoms with Crippen LogP contribution in [-0.4, -0.2) is 24.0 Å². The fourth-order valence-corrected chi connectivity index (χ4v) is 2.81. The number of hydrogen-bond acceptors (Lipinski definition) is 7. The van der Waals surface area contributed by atoms with Gasteiger partial charge >= 0.3 is 5.76 Å². The van der Waals surface area contributed by atoms with Gasteiger partial charge < -0.3 is 5.32 Å². The molecule has 0 amide bonds. The molecule has 2 aromatic carbocycles. The van der Waals surface area contributed by atoms with Crippen LogP contribution in [-0.2, 0) is 16.4 Å². The van der Waals surface area contributed by atoms with Crippen molar-refractivity contribution in [3.8, 4) is 0 Å². The number of rotatable bonds is 7. The fourth-order valence-electron chi connectivity index (χ4n) is 2.07. The molecule has 0 aliphatic carbocycles. The fraction of sp³-hybridized carbons (Fsp3) is 0.143. The predicted octanol–water partition coefficient (Wildman–Crippen LogP) is 3.11. The van der Waals surface area contributed by atoms with E-state index in [0.717, 1.165) is 12.1 Å². The topological polar surface area (TPSA) is 132 Å². The van der Waals surface area contributed by atoms with Crippen molar-refractivity contribution < 1.29 is 27.0 Å². The molecule has 1 N–H and O–H groups in total. The number of alkyl halides is 2. The molecule has 0 saturated carbocycles. The van der Waals surface area contributed by atoms with Gasteiger partial charge in [0.05, 0.1) is 14.7 Å². The first-order valence-electron chi connectivity index (χ1n) is 6.90. The molecular formula is C14H11F2N3O6S. The van der Waals surface area contributed by atoms with Gasteiger partial charge in [0.1, 0.15) is 5.69 Å². The van der Waals surface area contributed by atoms with Crippen molar-refractivity contribution in [1.82, 2.24) is 0 Å². The molecule has 0 radical (unpaired) electrons. The molecule has 0 aliphatic rings. The van der Waals surface area contributed by atoms with Crippen molar-refractivity contribution in [1.29, 1.82) is 0 Å². The van der Waals surface area contributed by atoms with Gasteiger partial charge in [-0.1, -0.05) is 12.1 Å². The molecule has 2 rings (SSSR count). The first kappa shape index (κ1) is 19.2. The molecule has 0 fully saturated rings. The normalized spacial score (nSPS) is 11.3. The van der Waals surface area contributed by atoms with Crippen molar-refractivity contribution in [3.05, 3.63) is 68.3 Å². The van der Waals surface area contributed by atoms with Crippen LogP contribution < -0.4 is 5.32 Å². The number of nitro groups is 2. The quantitative estimate of drug-likeness (QED) is 0.570. The molecule has 0 aliphatic heterocycles. The predicted molar refractivity (Wildman–Crippen MR) is 86.7 cm³/mol. The summed E-state index contributed by atoms with van der Waals surface area (Å²) in [7, 11) is -4.97. The molecule has 0 atom stereocenters. The standard InChI is InChI=1S/C14H11F2N3O6S/c15-14(16)26(24,25)11-4-5-12(13(7-11)19(22)23)17-8-9-2-1-3-10(6-9)18(20)21/h1-7,14,17H,8H2. The average molecular weight is 387 g/mol. The van der Waals surface area contributed by atoms with E-state index in [4.69, 9.17) is 0 Å². The molecule has 138 valence electrons. The van der Waals surface area contributed by atoms with Crippen molar-refractivity contribution >= 4 is 26.9 Å². The molecule has 0 heterocycles. The van der Waals surface area contributed by atoms with E-state index in [9.17, 15) is 37.4 Å². The lowest BCUT2D eigenvalue weighted by molar-refractivity contribution is -0.384. The van der Waals surface area contributed by atoms with E-state index in [1.807, 2.05) is 0 Å². The summed E-state index contributed by atoms with van der Waals surface area (Å²) in [5.41, 5.74) is -0.554. The van der Waals surface area contributed by atoms with Gasteiger partial charge in [0.25, 0.3) is 11.4 Å². The first-order chi connectivity index (χ1) is 12.1. The Kier molecular flexibility index (Phi) is 5.45. The molecule has 2 aromatic rings. The molecular weight excluding hydrogens is 376 g/mol. The summed E-state index contributed by atoms with van der Waals surface area (Å²) < 4.78 is 48.0. The smallest absolute Gasteiger partial charge is 0.341 e. The number of benzene rings is 2. The van der Waals surface area contributed by atoms with Gasteiger partial charge in [-0.3, -0.25) is 20.2 Å². The number of nitrogens with one attached hydrogen (secondary N) is 1. The number of nitrogens with zero attached hydrogens (tertiary/aromatic N) is 2. The highest BCUT2D eigenvalue weighted by molar-refractivity contribution is 7.91. The maximum atomic E-state index is 12.6. The number of non-ortho nitro benzene ring substituents is 1. The van der Waals surface area contributed by atoms with Gasteiger partial charge in [-0.2, -0.15) is 8.78 Å². The Morgan fingerprint density at radius 1 is 1.04 bits per heavy atom. The van der Waals surface area contributed by atoms with Gasteiger partial charge in [0.2, 0.25) is 9.84 Å². The van der Waals surface area contributed by atoms with E-state index >= 15 is 0 Å². The highest BCUT2D eigenvalue weighted by Crippen LogP contribution is 2.30. The summed E-state index contributed by atoms with van der Waals surface area (Å²) in [6.07, 6.45) is 0. The second-order valence-electron chi connectivity index (χ2n) is 5.02. The largest absolute Gasteiger partial charge is 0.375 e. The number of halogens is 2. The first-order valence-corrected chi connectivity index (χ1v) is 8.45. The molecule has 0 saturated heterocycles. The molecule has 9 nitrogen and oxygen atoms in total. The van der Waals surface area contributed by atoms with Crippen LogP contribution in [0.1, 0.15) is 5.56 Å². The lowest BCUT2D eigenvalue weighted by Crippen LogP contribution is -2.12. The van der Waals surface area contributed by atoms with Crippen LogP contribution in [0.4, 0.5) is 25.8 Å². The van der Waals surface area contributed by atoms with Crippen LogP contribution in [0.5, 0.6) is 0 Å². The lowest BCUT2D eigenvalue weighted by Gasteiger charge is -2.09. The van der Waals surface area contributed by atoms with E-state index in [1.165, 1.54) is 18.2 Å². The zero-order valence-corrected chi connectivity index (χ0v) is 13.7. The van der Waals surface area contributed by atoms with E-state index < -0.39 is 36.0 Å². The number of sulfone groups is 1. The van der Waals surface area contributed by atoms with Crippen molar-refractivity contribution in [3.63, 3.8) is 0 Å². The lowest BCUT2D eigenvalue weighted by atomic mass is 10.2. The van der Waals surface area contributed by atoms with Gasteiger partial charge in [0.15, 0.2) is 0 Å². The third kappa shape index (κ3) is 4.08. The highest BCUT2D eigenvalue weighted by Gasteiger charge is 2.29. The monoisotopic (exact) mass is 387 g/mol. The zero-order chi connectivity index (χ0) is 19.5. The summed E-state index contributed by atoms with van der Waals surface area (Å²) >= 11 is 0. The third-order valence-electron chi connectivity index (χ3n) is 3.33. The SMILES string of the molecule is O=[N+]([O-])c1cccc(CNc2ccc(S(=O)(=O)C(F)F)cc2[N+](=O)[O-])c1. The van der Waals surface area contributed by atoms with E-state index in [0.29, 0.717) is 11.6 Å². The molecule has 0 spiro atoms. The van der Waals surface area contributed by atoms with Crippen LogP contribution in [0.2, 0.25) is 0 Å². The summed E-state index contributed by atoms with van der Waals surface area (Å²) in [6.45, 7) is -0.0382. The molecule has 12 heteroatoms. The summed E-state index contributed by atoms with van der Waals surface area (Å²) in [6, 6.07) is 7.86. The van der Waals surface area contributed by atoms with E-state index in [2.05, 4.69) is 5.32 Å². The van der Waals surface area contributed by atoms with Gasteiger partial charge in [-0.25, -0.2) is 8.42 Å². The van der Waals surface area contributed by atoms with Crippen LogP contribution in [0.3, 0.4) is 0 Å². The van der Waals surface area contributed by atoms with Gasteiger partial charge in [0, 0.05) is 24.7 Å². The van der Waals surface area contributed by atoms with Gasteiger partial charge in [-0.15, -0.1) is 0 Å². The molecule has 0 bridgehead atoms. The Bertz CT molecular complexity index is 965. The van der Waals surface area contributed by atoms with Crippen LogP contribution in [0.25, 0.3) is 0 Å². The van der Waals surface area contributed by atoms with E-state index in [-0.39, 0.29) is 17.9 Å². The van der Waals surface area contributed by atoms with E-state index in [1.54, 1.807) is 6.07 Å². The average Bonchev–Trinajstić information content (AvgIpc) is 2.59. The Hall–Kier alpha value is -3.15. The molecule has 0 aromatic heterocycles. The Labute approximate surface area is 145 Å². The van der Waals surface area contributed by atoms with Crippen LogP contribution >= 0.6 is 0 Å². The van der Waals surface area contributed by atoms with Crippen molar-refractivity contribution in [2.24, 2.45) is 0 Å². The zero-order valence-electron chi connectivity index (χ0n) is 12.8. The molecule has 26 heavy (non-hydrogen) atoms. The maximum Gasteiger partial charge on any atom is 0.341 e. The minimum atomic E-state index is -4.97. The minimum Gasteiger partial charge on any atom is -0.375 e. The van der Waals surface area contributed by atoms with Crippen LogP contribution in [0, 0.1) is 20.2 Å². The van der Waals surface area contributed by atoms with Crippen molar-refractivity contribution in [2.75, 3.05) is 5.32 Å². The second-order valence-corrected chi connectivity index (χ2v) is 6.94. The number of hydrogen-bond donors (Lipinski definition) is 1. The summed E-state index contributed by atoms with van der Waals surface area (Å²) in [4.78, 5) is 19.5. The maximum absolute atomic E-state index is 12.6. The third-order valence-corrected chi connectivity index (χ3v) is 4.71. The number of anilines is 1. The highest BCUT2D eigenvalue weighted by atomic mass is 32.2. The minimum absolute atomic E-state index is 0.0382. The van der Waals surface area contributed by atoms with Crippen LogP contribution in [0.15, 0.2) is 47.4 Å². The summed E-state index contributed by atoms with van der Waals surface area (Å²) in [5, 5.41) is 24.5. The molecule has 0 unspecified atom stereocenters. The Balaban J connectivity index is 2.31.